The largest absolute Gasteiger partial charge is 0.481 e. The summed E-state index contributed by atoms with van der Waals surface area (Å²) in [6.45, 7) is 2.92. The Kier molecular flexibility index (Phi) is 3.13. The fraction of sp³-hybridized carbons (Fsp3) is 0.385. The molecule has 0 spiro atoms. The van der Waals surface area contributed by atoms with Gasteiger partial charge in [-0.1, -0.05) is 0 Å². The molecule has 0 bridgehead atoms. The highest BCUT2D eigenvalue weighted by Gasteiger charge is 2.20. The molecule has 0 aromatic heterocycles. The molecular formula is C13H15NO3. The fourth-order valence-electron chi connectivity index (χ4n) is 2.15. The molecule has 0 unspecified atom stereocenters. The van der Waals surface area contributed by atoms with E-state index in [1.165, 1.54) is 0 Å². The van der Waals surface area contributed by atoms with Crippen LogP contribution in [0.1, 0.15) is 29.3 Å². The van der Waals surface area contributed by atoms with E-state index in [2.05, 4.69) is 4.90 Å². The molecule has 1 aromatic rings. The number of Topliss-reactive ketones (excluding diaryl/α,β-unsaturated/α-hetero) is 1. The zero-order valence-corrected chi connectivity index (χ0v) is 9.77. The molecule has 0 amide bonds. The molecule has 1 N–H and O–H groups in total. The van der Waals surface area contributed by atoms with Gasteiger partial charge in [0, 0.05) is 24.3 Å². The lowest BCUT2D eigenvalue weighted by molar-refractivity contribution is -0.136. The van der Waals surface area contributed by atoms with Crippen molar-refractivity contribution in [1.29, 1.82) is 0 Å². The first kappa shape index (κ1) is 11.6. The summed E-state index contributed by atoms with van der Waals surface area (Å²) in [5.41, 5.74) is 2.93. The van der Waals surface area contributed by atoms with Gasteiger partial charge in [-0.2, -0.15) is 0 Å². The number of aliphatic carboxylic acids is 1. The number of carboxylic acid groups (broad SMARTS) is 1. The van der Waals surface area contributed by atoms with Crippen LogP contribution in [0.15, 0.2) is 18.2 Å². The van der Waals surface area contributed by atoms with Crippen LogP contribution in [0, 0.1) is 0 Å². The number of rotatable bonds is 4. The normalized spacial score (nSPS) is 13.6. The van der Waals surface area contributed by atoms with Crippen LogP contribution in [0.25, 0.3) is 0 Å². The first-order valence-electron chi connectivity index (χ1n) is 5.68. The molecule has 0 atom stereocenters. The van der Waals surface area contributed by atoms with Crippen LogP contribution in [-0.4, -0.2) is 29.9 Å². The Hall–Kier alpha value is -1.84. The van der Waals surface area contributed by atoms with Crippen molar-refractivity contribution in [2.75, 3.05) is 18.0 Å². The summed E-state index contributed by atoms with van der Waals surface area (Å²) in [5.74, 6) is -0.712. The highest BCUT2D eigenvalue weighted by atomic mass is 16.4. The van der Waals surface area contributed by atoms with Crippen molar-refractivity contribution in [3.05, 3.63) is 29.3 Å². The quantitative estimate of drug-likeness (QED) is 0.804. The Morgan fingerprint density at radius 1 is 1.41 bits per heavy atom. The molecule has 1 aromatic carbocycles. The molecule has 17 heavy (non-hydrogen) atoms. The monoisotopic (exact) mass is 233 g/mol. The average Bonchev–Trinajstić information content (AvgIpc) is 2.68. The van der Waals surface area contributed by atoms with Gasteiger partial charge in [-0.25, -0.2) is 0 Å². The van der Waals surface area contributed by atoms with Crippen LogP contribution in [0.3, 0.4) is 0 Å². The summed E-state index contributed by atoms with van der Waals surface area (Å²) < 4.78 is 0. The minimum atomic E-state index is -0.779. The van der Waals surface area contributed by atoms with E-state index in [9.17, 15) is 9.59 Å². The number of hydrogen-bond acceptors (Lipinski definition) is 3. The second-order valence-electron chi connectivity index (χ2n) is 4.28. The van der Waals surface area contributed by atoms with Crippen molar-refractivity contribution in [3.8, 4) is 0 Å². The van der Waals surface area contributed by atoms with Gasteiger partial charge in [-0.3, -0.25) is 9.59 Å². The molecule has 0 fully saturated rings. The van der Waals surface area contributed by atoms with Gasteiger partial charge >= 0.3 is 5.97 Å². The number of fused-ring (bicyclic) bond motifs is 1. The van der Waals surface area contributed by atoms with Gasteiger partial charge in [0.2, 0.25) is 0 Å². The third kappa shape index (κ3) is 2.46. The van der Waals surface area contributed by atoms with Crippen LogP contribution in [0.5, 0.6) is 0 Å². The van der Waals surface area contributed by atoms with Crippen LogP contribution < -0.4 is 4.90 Å². The predicted molar refractivity (Wildman–Crippen MR) is 64.6 cm³/mol. The Morgan fingerprint density at radius 3 is 2.82 bits per heavy atom. The van der Waals surface area contributed by atoms with Crippen molar-refractivity contribution in [3.63, 3.8) is 0 Å². The predicted octanol–water partition coefficient (Wildman–Crippen LogP) is 1.73. The summed E-state index contributed by atoms with van der Waals surface area (Å²) in [5, 5.41) is 8.67. The van der Waals surface area contributed by atoms with Crippen LogP contribution >= 0.6 is 0 Å². The molecule has 4 heteroatoms. The minimum Gasteiger partial charge on any atom is -0.481 e. The zero-order chi connectivity index (χ0) is 12.4. The summed E-state index contributed by atoms with van der Waals surface area (Å²) in [4.78, 5) is 23.9. The second-order valence-corrected chi connectivity index (χ2v) is 4.28. The summed E-state index contributed by atoms with van der Waals surface area (Å²) >= 11 is 0. The highest BCUT2D eigenvalue weighted by molar-refractivity contribution is 5.94. The lowest BCUT2D eigenvalue weighted by Crippen LogP contribution is -2.23. The summed E-state index contributed by atoms with van der Waals surface area (Å²) in [6, 6.07) is 5.64. The molecule has 0 saturated heterocycles. The molecule has 2 rings (SSSR count). The molecule has 0 aliphatic carbocycles. The Balaban J connectivity index is 2.16. The lowest BCUT2D eigenvalue weighted by Gasteiger charge is -2.18. The van der Waals surface area contributed by atoms with Crippen molar-refractivity contribution in [2.45, 2.75) is 19.8 Å². The van der Waals surface area contributed by atoms with Crippen LogP contribution in [0.2, 0.25) is 0 Å². The molecule has 1 aliphatic rings. The third-order valence-electron chi connectivity index (χ3n) is 3.07. The SMILES string of the molecule is CC(=O)c1ccc2c(c1)CCN2CCC(=O)O. The maximum absolute atomic E-state index is 11.3. The van der Waals surface area contributed by atoms with E-state index in [0.29, 0.717) is 6.54 Å². The van der Waals surface area contributed by atoms with Gasteiger partial charge in [0.05, 0.1) is 6.42 Å². The molecular weight excluding hydrogens is 218 g/mol. The van der Waals surface area contributed by atoms with E-state index in [1.54, 1.807) is 13.0 Å². The van der Waals surface area contributed by atoms with E-state index in [0.717, 1.165) is 29.8 Å². The van der Waals surface area contributed by atoms with E-state index in [4.69, 9.17) is 5.11 Å². The van der Waals surface area contributed by atoms with E-state index < -0.39 is 5.97 Å². The molecule has 0 radical (unpaired) electrons. The molecule has 0 saturated carbocycles. The fourth-order valence-corrected chi connectivity index (χ4v) is 2.15. The number of carbonyl (C=O) groups excluding carboxylic acids is 1. The first-order valence-corrected chi connectivity index (χ1v) is 5.68. The van der Waals surface area contributed by atoms with Gasteiger partial charge in [0.1, 0.15) is 0 Å². The van der Waals surface area contributed by atoms with Gasteiger partial charge in [0.25, 0.3) is 0 Å². The molecule has 4 nitrogen and oxygen atoms in total. The summed E-state index contributed by atoms with van der Waals surface area (Å²) in [7, 11) is 0. The number of hydrogen-bond donors (Lipinski definition) is 1. The number of nitrogens with zero attached hydrogens (tertiary/aromatic N) is 1. The van der Waals surface area contributed by atoms with Crippen molar-refractivity contribution in [2.24, 2.45) is 0 Å². The molecule has 1 aliphatic heterocycles. The standard InChI is InChI=1S/C13H15NO3/c1-9(15)10-2-3-12-11(8-10)4-6-14(12)7-5-13(16)17/h2-3,8H,4-7H2,1H3,(H,16,17). The third-order valence-corrected chi connectivity index (χ3v) is 3.07. The molecule has 1 heterocycles. The lowest BCUT2D eigenvalue weighted by atomic mass is 10.1. The van der Waals surface area contributed by atoms with Gasteiger partial charge < -0.3 is 10.0 Å². The van der Waals surface area contributed by atoms with Gasteiger partial charge in [-0.05, 0) is 37.1 Å². The van der Waals surface area contributed by atoms with Crippen LogP contribution in [0.4, 0.5) is 5.69 Å². The maximum atomic E-state index is 11.3. The second kappa shape index (κ2) is 4.57. The van der Waals surface area contributed by atoms with Gasteiger partial charge in [-0.15, -0.1) is 0 Å². The number of carbonyl (C=O) groups is 2. The van der Waals surface area contributed by atoms with Crippen molar-refractivity contribution in [1.82, 2.24) is 0 Å². The number of ketones is 1. The van der Waals surface area contributed by atoms with Gasteiger partial charge in [0.15, 0.2) is 5.78 Å². The van der Waals surface area contributed by atoms with Crippen LogP contribution in [-0.2, 0) is 11.2 Å². The minimum absolute atomic E-state index is 0.0665. The number of benzene rings is 1. The number of carboxylic acids is 1. The first-order chi connectivity index (χ1) is 8.08. The Morgan fingerprint density at radius 2 is 2.18 bits per heavy atom. The van der Waals surface area contributed by atoms with E-state index in [-0.39, 0.29) is 12.2 Å². The zero-order valence-electron chi connectivity index (χ0n) is 9.77. The average molecular weight is 233 g/mol. The Bertz CT molecular complexity index is 468. The molecule has 90 valence electrons. The summed E-state index contributed by atoms with van der Waals surface area (Å²) in [6.07, 6.45) is 1.03. The Labute approximate surface area is 99.9 Å². The smallest absolute Gasteiger partial charge is 0.305 e. The van der Waals surface area contributed by atoms with E-state index >= 15 is 0 Å². The topological polar surface area (TPSA) is 57.6 Å². The van der Waals surface area contributed by atoms with E-state index in [1.807, 2.05) is 12.1 Å². The number of anilines is 1. The van der Waals surface area contributed by atoms with Crippen molar-refractivity contribution >= 4 is 17.4 Å². The highest BCUT2D eigenvalue weighted by Crippen LogP contribution is 2.28. The van der Waals surface area contributed by atoms with Crippen molar-refractivity contribution < 1.29 is 14.7 Å². The maximum Gasteiger partial charge on any atom is 0.305 e.